The molecule has 0 unspecified atom stereocenters. The van der Waals surface area contributed by atoms with E-state index in [9.17, 15) is 22.8 Å². The molecule has 0 N–H and O–H groups in total. The fraction of sp³-hybridized carbons (Fsp3) is 0.556. The molecule has 4 rings (SSSR count). The Morgan fingerprint density at radius 2 is 1.74 bits per heavy atom. The van der Waals surface area contributed by atoms with E-state index < -0.39 is 35.4 Å². The van der Waals surface area contributed by atoms with E-state index in [2.05, 4.69) is 0 Å². The molecule has 3 heterocycles. The normalized spacial score (nSPS) is 26.3. The third kappa shape index (κ3) is 3.35. The summed E-state index contributed by atoms with van der Waals surface area (Å²) in [6.45, 7) is 2.15. The van der Waals surface area contributed by atoms with Gasteiger partial charge in [0.25, 0.3) is 5.91 Å². The first kappa shape index (κ1) is 18.4. The maximum Gasteiger partial charge on any atom is 0.416 e. The van der Waals surface area contributed by atoms with Crippen molar-refractivity contribution in [3.8, 4) is 0 Å². The second-order valence-corrected chi connectivity index (χ2v) is 6.98. The number of imide groups is 1. The number of piperidine rings is 1. The highest BCUT2D eigenvalue weighted by atomic mass is 19.4. The number of likely N-dealkylation sites (tertiary alicyclic amines) is 1. The lowest BCUT2D eigenvalue weighted by atomic mass is 10.0. The van der Waals surface area contributed by atoms with Crippen LogP contribution in [0, 0.1) is 0 Å². The van der Waals surface area contributed by atoms with E-state index in [1.807, 2.05) is 4.90 Å². The van der Waals surface area contributed by atoms with E-state index in [1.165, 1.54) is 12.1 Å². The number of hydrogen-bond donors (Lipinski definition) is 0. The number of carbonyl (C=O) groups excluding carboxylic acids is 2. The molecular weight excluding hydrogens is 365 g/mol. The summed E-state index contributed by atoms with van der Waals surface area (Å²) >= 11 is 0. The number of halogens is 3. The first-order valence-electron chi connectivity index (χ1n) is 8.85. The van der Waals surface area contributed by atoms with Crippen molar-refractivity contribution < 1.29 is 32.2 Å². The van der Waals surface area contributed by atoms with Crippen LogP contribution < -0.4 is 4.90 Å². The maximum absolute atomic E-state index is 12.9. The van der Waals surface area contributed by atoms with Crippen molar-refractivity contribution in [3.05, 3.63) is 29.8 Å². The number of carbonyl (C=O) groups is 2. The van der Waals surface area contributed by atoms with Crippen LogP contribution in [-0.2, 0) is 25.2 Å². The summed E-state index contributed by atoms with van der Waals surface area (Å²) < 4.78 is 50.1. The molecule has 3 aliphatic heterocycles. The van der Waals surface area contributed by atoms with Gasteiger partial charge in [-0.3, -0.25) is 14.5 Å². The Hall–Kier alpha value is -1.97. The van der Waals surface area contributed by atoms with Gasteiger partial charge in [0, 0.05) is 25.9 Å². The summed E-state index contributed by atoms with van der Waals surface area (Å²) in [5, 5.41) is 0. The molecule has 1 atom stereocenters. The molecule has 146 valence electrons. The van der Waals surface area contributed by atoms with Crippen molar-refractivity contribution in [1.82, 2.24) is 4.90 Å². The van der Waals surface area contributed by atoms with E-state index >= 15 is 0 Å². The van der Waals surface area contributed by atoms with Crippen LogP contribution in [-0.4, -0.2) is 54.8 Å². The number of benzene rings is 1. The lowest BCUT2D eigenvalue weighted by Crippen LogP contribution is -2.51. The molecule has 0 aliphatic carbocycles. The second-order valence-electron chi connectivity index (χ2n) is 6.98. The fourth-order valence-corrected chi connectivity index (χ4v) is 3.96. The number of anilines is 1. The van der Waals surface area contributed by atoms with Crippen LogP contribution in [0.2, 0.25) is 0 Å². The van der Waals surface area contributed by atoms with Gasteiger partial charge in [-0.25, -0.2) is 4.90 Å². The molecule has 0 bridgehead atoms. The van der Waals surface area contributed by atoms with E-state index in [1.54, 1.807) is 0 Å². The van der Waals surface area contributed by atoms with Gasteiger partial charge >= 0.3 is 6.18 Å². The molecule has 6 nitrogen and oxygen atoms in total. The minimum Gasteiger partial charge on any atom is -0.347 e. The number of hydrogen-bond acceptors (Lipinski definition) is 5. The van der Waals surface area contributed by atoms with E-state index in [-0.39, 0.29) is 12.1 Å². The average Bonchev–Trinajstić information content (AvgIpc) is 3.20. The van der Waals surface area contributed by atoms with Gasteiger partial charge < -0.3 is 9.47 Å². The van der Waals surface area contributed by atoms with Gasteiger partial charge in [-0.05, 0) is 18.2 Å². The van der Waals surface area contributed by atoms with Crippen molar-refractivity contribution in [3.63, 3.8) is 0 Å². The molecule has 1 aromatic carbocycles. The van der Waals surface area contributed by atoms with Gasteiger partial charge in [0.05, 0.1) is 36.9 Å². The van der Waals surface area contributed by atoms with Crippen molar-refractivity contribution >= 4 is 17.5 Å². The van der Waals surface area contributed by atoms with Gasteiger partial charge in [-0.1, -0.05) is 6.07 Å². The standard InChI is InChI=1S/C18H19F3N2O4/c19-18(20,21)12-2-1-3-13(10-12)23-15(24)11-14(16(23)25)22-6-4-17(5-7-22)26-8-9-27-17/h1-3,10,14H,4-9,11H2/t14-/m0/s1. The predicted octanol–water partition coefficient (Wildman–Crippen LogP) is 2.18. The molecule has 27 heavy (non-hydrogen) atoms. The highest BCUT2D eigenvalue weighted by Crippen LogP contribution is 2.36. The Labute approximate surface area is 153 Å². The van der Waals surface area contributed by atoms with Gasteiger partial charge in [0.2, 0.25) is 5.91 Å². The Kier molecular flexibility index (Phi) is 4.48. The maximum atomic E-state index is 12.9. The Morgan fingerprint density at radius 3 is 2.37 bits per heavy atom. The third-order valence-corrected chi connectivity index (χ3v) is 5.37. The zero-order chi connectivity index (χ0) is 19.2. The van der Waals surface area contributed by atoms with E-state index in [4.69, 9.17) is 9.47 Å². The summed E-state index contributed by atoms with van der Waals surface area (Å²) in [7, 11) is 0. The first-order chi connectivity index (χ1) is 12.8. The van der Waals surface area contributed by atoms with Crippen molar-refractivity contribution in [2.24, 2.45) is 0 Å². The molecule has 1 aromatic rings. The topological polar surface area (TPSA) is 59.1 Å². The Bertz CT molecular complexity index is 751. The van der Waals surface area contributed by atoms with Crippen LogP contribution in [0.5, 0.6) is 0 Å². The second kappa shape index (κ2) is 6.57. The number of ether oxygens (including phenoxy) is 2. The number of amides is 2. The van der Waals surface area contributed by atoms with Gasteiger partial charge in [-0.15, -0.1) is 0 Å². The number of nitrogens with zero attached hydrogens (tertiary/aromatic N) is 2. The highest BCUT2D eigenvalue weighted by Gasteiger charge is 2.47. The Morgan fingerprint density at radius 1 is 1.07 bits per heavy atom. The van der Waals surface area contributed by atoms with Crippen LogP contribution in [0.3, 0.4) is 0 Å². The van der Waals surface area contributed by atoms with Crippen LogP contribution in [0.25, 0.3) is 0 Å². The molecule has 0 saturated carbocycles. The van der Waals surface area contributed by atoms with Gasteiger partial charge in [-0.2, -0.15) is 13.2 Å². The highest BCUT2D eigenvalue weighted by molar-refractivity contribution is 6.22. The molecule has 3 saturated heterocycles. The van der Waals surface area contributed by atoms with Gasteiger partial charge in [0.1, 0.15) is 0 Å². The molecule has 0 aromatic heterocycles. The van der Waals surface area contributed by atoms with E-state index in [0.29, 0.717) is 39.1 Å². The smallest absolute Gasteiger partial charge is 0.347 e. The van der Waals surface area contributed by atoms with Crippen LogP contribution in [0.1, 0.15) is 24.8 Å². The molecule has 2 amide bonds. The lowest BCUT2D eigenvalue weighted by molar-refractivity contribution is -0.188. The minimum atomic E-state index is -4.54. The predicted molar refractivity (Wildman–Crippen MR) is 87.8 cm³/mol. The summed E-state index contributed by atoms with van der Waals surface area (Å²) in [6.07, 6.45) is -3.39. The molecular formula is C18H19F3N2O4. The van der Waals surface area contributed by atoms with Crippen LogP contribution in [0.15, 0.2) is 24.3 Å². The van der Waals surface area contributed by atoms with Gasteiger partial charge in [0.15, 0.2) is 5.79 Å². The first-order valence-corrected chi connectivity index (χ1v) is 8.85. The quantitative estimate of drug-likeness (QED) is 0.732. The van der Waals surface area contributed by atoms with Crippen molar-refractivity contribution in [1.29, 1.82) is 0 Å². The zero-order valence-corrected chi connectivity index (χ0v) is 14.5. The van der Waals surface area contributed by atoms with Crippen molar-refractivity contribution in [2.45, 2.75) is 37.3 Å². The minimum absolute atomic E-state index is 0.0379. The molecule has 1 spiro atoms. The van der Waals surface area contributed by atoms with Crippen molar-refractivity contribution in [2.75, 3.05) is 31.2 Å². The molecule has 0 radical (unpaired) electrons. The molecule has 3 fully saturated rings. The monoisotopic (exact) mass is 384 g/mol. The summed E-state index contributed by atoms with van der Waals surface area (Å²) in [4.78, 5) is 28.0. The average molecular weight is 384 g/mol. The number of alkyl halides is 3. The lowest BCUT2D eigenvalue weighted by Gasteiger charge is -2.39. The Balaban J connectivity index is 1.50. The third-order valence-electron chi connectivity index (χ3n) is 5.37. The molecule has 3 aliphatic rings. The largest absolute Gasteiger partial charge is 0.416 e. The summed E-state index contributed by atoms with van der Waals surface area (Å²) in [6, 6.07) is 3.64. The van der Waals surface area contributed by atoms with Crippen LogP contribution >= 0.6 is 0 Å². The summed E-state index contributed by atoms with van der Waals surface area (Å²) in [5.74, 6) is -1.57. The van der Waals surface area contributed by atoms with E-state index in [0.717, 1.165) is 17.0 Å². The summed E-state index contributed by atoms with van der Waals surface area (Å²) in [5.41, 5.74) is -0.933. The SMILES string of the molecule is O=C1C[C@H](N2CCC3(CC2)OCCO3)C(=O)N1c1cccc(C(F)(F)F)c1. The number of rotatable bonds is 2. The zero-order valence-electron chi connectivity index (χ0n) is 14.5. The van der Waals surface area contributed by atoms with Crippen LogP contribution in [0.4, 0.5) is 18.9 Å². The fourth-order valence-electron chi connectivity index (χ4n) is 3.96. The molecule has 9 heteroatoms.